The molecule has 0 aromatic carbocycles. The van der Waals surface area contributed by atoms with Crippen LogP contribution in [0.25, 0.3) is 0 Å². The quantitative estimate of drug-likeness (QED) is 0.910. The van der Waals surface area contributed by atoms with E-state index in [2.05, 4.69) is 62.8 Å². The van der Waals surface area contributed by atoms with Crippen molar-refractivity contribution in [3.63, 3.8) is 0 Å². The normalized spacial score (nSPS) is 25.1. The fourth-order valence-corrected chi connectivity index (χ4v) is 2.91. The second-order valence-electron chi connectivity index (χ2n) is 7.05. The highest BCUT2D eigenvalue weighted by Gasteiger charge is 2.47. The van der Waals surface area contributed by atoms with Gasteiger partial charge in [0.15, 0.2) is 0 Å². The maximum absolute atomic E-state index is 6.13. The minimum atomic E-state index is -0.168. The molecule has 0 spiro atoms. The molecule has 2 rings (SSSR count). The first-order valence-electron chi connectivity index (χ1n) is 7.16. The average molecular weight is 265 g/mol. The lowest BCUT2D eigenvalue weighted by molar-refractivity contribution is -0.0737. The Labute approximate surface area is 116 Å². The summed E-state index contributed by atoms with van der Waals surface area (Å²) in [4.78, 5) is 0. The van der Waals surface area contributed by atoms with Gasteiger partial charge < -0.3 is 10.1 Å². The average Bonchev–Trinajstić information content (AvgIpc) is 2.77. The molecule has 1 aliphatic rings. The van der Waals surface area contributed by atoms with E-state index in [4.69, 9.17) is 4.74 Å². The monoisotopic (exact) mass is 265 g/mol. The van der Waals surface area contributed by atoms with Crippen LogP contribution < -0.4 is 5.32 Å². The predicted octanol–water partition coefficient (Wildman–Crippen LogP) is 2.90. The van der Waals surface area contributed by atoms with Crippen LogP contribution in [0.5, 0.6) is 0 Å². The van der Waals surface area contributed by atoms with Gasteiger partial charge in [-0.1, -0.05) is 13.8 Å². The minimum Gasteiger partial charge on any atom is -0.367 e. The third-order valence-electron chi connectivity index (χ3n) is 3.72. The van der Waals surface area contributed by atoms with Crippen molar-refractivity contribution in [3.05, 3.63) is 18.0 Å². The Kier molecular flexibility index (Phi) is 3.76. The number of rotatable bonds is 4. The molecular weight excluding hydrogens is 238 g/mol. The Morgan fingerprint density at radius 3 is 2.63 bits per heavy atom. The Hall–Kier alpha value is -0.870. The molecule has 2 heterocycles. The summed E-state index contributed by atoms with van der Waals surface area (Å²) in [7, 11) is 0. The van der Waals surface area contributed by atoms with Gasteiger partial charge in [-0.3, -0.25) is 4.68 Å². The van der Waals surface area contributed by atoms with Gasteiger partial charge in [0.25, 0.3) is 0 Å². The molecule has 1 saturated heterocycles. The molecule has 0 bridgehead atoms. The van der Waals surface area contributed by atoms with Crippen LogP contribution in [-0.4, -0.2) is 27.0 Å². The van der Waals surface area contributed by atoms with E-state index in [-0.39, 0.29) is 11.2 Å². The molecule has 4 nitrogen and oxygen atoms in total. The summed E-state index contributed by atoms with van der Waals surface area (Å²) in [6, 6.07) is 0.795. The largest absolute Gasteiger partial charge is 0.367 e. The van der Waals surface area contributed by atoms with E-state index in [1.807, 2.05) is 6.20 Å². The lowest BCUT2D eigenvalue weighted by Crippen LogP contribution is -2.31. The summed E-state index contributed by atoms with van der Waals surface area (Å²) in [6.45, 7) is 13.8. The summed E-state index contributed by atoms with van der Waals surface area (Å²) >= 11 is 0. The first-order chi connectivity index (χ1) is 8.70. The smallest absolute Gasteiger partial charge is 0.0857 e. The predicted molar refractivity (Wildman–Crippen MR) is 77.1 cm³/mol. The summed E-state index contributed by atoms with van der Waals surface area (Å²) in [5.41, 5.74) is 0.989. The third kappa shape index (κ3) is 3.37. The number of ether oxygens (including phenoxy) is 1. The van der Waals surface area contributed by atoms with Gasteiger partial charge in [-0.25, -0.2) is 0 Å². The van der Waals surface area contributed by atoms with Gasteiger partial charge in [0, 0.05) is 30.8 Å². The maximum Gasteiger partial charge on any atom is 0.0857 e. The highest BCUT2D eigenvalue weighted by atomic mass is 16.5. The molecule has 0 aliphatic carbocycles. The molecule has 1 unspecified atom stereocenters. The van der Waals surface area contributed by atoms with Crippen molar-refractivity contribution < 1.29 is 4.74 Å². The van der Waals surface area contributed by atoms with Crippen LogP contribution in [0.4, 0.5) is 0 Å². The van der Waals surface area contributed by atoms with E-state index in [9.17, 15) is 0 Å². The Balaban J connectivity index is 2.10. The van der Waals surface area contributed by atoms with Crippen LogP contribution >= 0.6 is 0 Å². The molecule has 1 aliphatic heterocycles. The highest BCUT2D eigenvalue weighted by Crippen LogP contribution is 2.44. The molecule has 1 aromatic rings. The number of hydrogen-bond acceptors (Lipinski definition) is 3. The molecule has 4 heteroatoms. The van der Waals surface area contributed by atoms with Crippen LogP contribution in [0.2, 0.25) is 0 Å². The zero-order valence-corrected chi connectivity index (χ0v) is 13.0. The Bertz CT molecular complexity index is 434. The summed E-state index contributed by atoms with van der Waals surface area (Å²) < 4.78 is 8.21. The lowest BCUT2D eigenvalue weighted by atomic mass is 9.95. The van der Waals surface area contributed by atoms with Gasteiger partial charge >= 0.3 is 0 Å². The van der Waals surface area contributed by atoms with E-state index in [1.165, 1.54) is 5.56 Å². The van der Waals surface area contributed by atoms with Crippen molar-refractivity contribution in [2.24, 2.45) is 0 Å². The maximum atomic E-state index is 6.13. The first-order valence-corrected chi connectivity index (χ1v) is 7.16. The number of aromatic nitrogens is 2. The summed E-state index contributed by atoms with van der Waals surface area (Å²) in [6.07, 6.45) is 5.10. The molecule has 1 atom stereocenters. The van der Waals surface area contributed by atoms with Crippen LogP contribution in [0, 0.1) is 0 Å². The standard InChI is InChI=1S/C15H27N3O/c1-11(2)16-8-12-9-17-18(10-12)13-7-14(3,4)19-15(13,5)6/h9-11,13,16H,7-8H2,1-6H3. The fraction of sp³-hybridized carbons (Fsp3) is 0.800. The van der Waals surface area contributed by atoms with Gasteiger partial charge in [-0.2, -0.15) is 5.10 Å². The lowest BCUT2D eigenvalue weighted by Gasteiger charge is -2.27. The number of nitrogens with one attached hydrogen (secondary N) is 1. The van der Waals surface area contributed by atoms with Crippen LogP contribution in [-0.2, 0) is 11.3 Å². The van der Waals surface area contributed by atoms with Gasteiger partial charge in [0.05, 0.1) is 23.4 Å². The van der Waals surface area contributed by atoms with E-state index >= 15 is 0 Å². The molecular formula is C15H27N3O. The second-order valence-corrected chi connectivity index (χ2v) is 7.05. The fourth-order valence-electron chi connectivity index (χ4n) is 2.91. The summed E-state index contributed by atoms with van der Waals surface area (Å²) in [5, 5.41) is 7.95. The summed E-state index contributed by atoms with van der Waals surface area (Å²) in [5.74, 6) is 0. The van der Waals surface area contributed by atoms with Crippen LogP contribution in [0.1, 0.15) is 59.6 Å². The molecule has 0 radical (unpaired) electrons. The van der Waals surface area contributed by atoms with E-state index in [0.29, 0.717) is 12.1 Å². The van der Waals surface area contributed by atoms with E-state index < -0.39 is 0 Å². The van der Waals surface area contributed by atoms with Gasteiger partial charge in [0.1, 0.15) is 0 Å². The third-order valence-corrected chi connectivity index (χ3v) is 3.72. The van der Waals surface area contributed by atoms with Crippen LogP contribution in [0.15, 0.2) is 12.4 Å². The van der Waals surface area contributed by atoms with Crippen LogP contribution in [0.3, 0.4) is 0 Å². The minimum absolute atomic E-state index is 0.0730. The Morgan fingerprint density at radius 2 is 2.11 bits per heavy atom. The van der Waals surface area contributed by atoms with Crippen molar-refractivity contribution >= 4 is 0 Å². The molecule has 1 N–H and O–H groups in total. The molecule has 108 valence electrons. The van der Waals surface area contributed by atoms with Crippen molar-refractivity contribution in [2.75, 3.05) is 0 Å². The van der Waals surface area contributed by atoms with Gasteiger partial charge in [-0.05, 0) is 27.7 Å². The van der Waals surface area contributed by atoms with Gasteiger partial charge in [0.2, 0.25) is 0 Å². The topological polar surface area (TPSA) is 39.1 Å². The molecule has 1 aromatic heterocycles. The second kappa shape index (κ2) is 4.91. The van der Waals surface area contributed by atoms with Gasteiger partial charge in [-0.15, -0.1) is 0 Å². The Morgan fingerprint density at radius 1 is 1.42 bits per heavy atom. The number of nitrogens with zero attached hydrogens (tertiary/aromatic N) is 2. The first kappa shape index (κ1) is 14.5. The van der Waals surface area contributed by atoms with Crippen molar-refractivity contribution in [2.45, 2.75) is 77.8 Å². The van der Waals surface area contributed by atoms with Crippen molar-refractivity contribution in [1.29, 1.82) is 0 Å². The highest BCUT2D eigenvalue weighted by molar-refractivity contribution is 5.07. The van der Waals surface area contributed by atoms with E-state index in [1.54, 1.807) is 0 Å². The molecule has 1 fully saturated rings. The zero-order valence-electron chi connectivity index (χ0n) is 13.0. The molecule has 0 amide bonds. The SMILES string of the molecule is CC(C)NCc1cnn(C2CC(C)(C)OC2(C)C)c1. The number of hydrogen-bond donors (Lipinski definition) is 1. The van der Waals surface area contributed by atoms with E-state index in [0.717, 1.165) is 13.0 Å². The molecule has 19 heavy (non-hydrogen) atoms. The molecule has 0 saturated carbocycles. The van der Waals surface area contributed by atoms with Crippen molar-refractivity contribution in [3.8, 4) is 0 Å². The zero-order chi connectivity index (χ0) is 14.3. The van der Waals surface area contributed by atoms with Crippen molar-refractivity contribution in [1.82, 2.24) is 15.1 Å².